The second kappa shape index (κ2) is 6.00. The van der Waals surface area contributed by atoms with Crippen LogP contribution >= 0.6 is 0 Å². The molecule has 0 bridgehead atoms. The molecule has 1 amide bonds. The van der Waals surface area contributed by atoms with Crippen LogP contribution in [0.1, 0.15) is 21.5 Å². The van der Waals surface area contributed by atoms with Gasteiger partial charge in [0.1, 0.15) is 5.75 Å². The Kier molecular flexibility index (Phi) is 3.89. The topological polar surface area (TPSA) is 87.9 Å². The predicted octanol–water partition coefficient (Wildman–Crippen LogP) is 1.68. The van der Waals surface area contributed by atoms with Gasteiger partial charge in [-0.2, -0.15) is 0 Å². The van der Waals surface area contributed by atoms with E-state index in [-0.39, 0.29) is 19.0 Å². The van der Waals surface area contributed by atoms with Gasteiger partial charge in [0.2, 0.25) is 12.7 Å². The molecule has 1 aliphatic heterocycles. The van der Waals surface area contributed by atoms with E-state index in [9.17, 15) is 9.59 Å². The summed E-state index contributed by atoms with van der Waals surface area (Å²) in [6.45, 7) is 0.138. The number of rotatable bonds is 5. The molecule has 0 radical (unpaired) electrons. The summed E-state index contributed by atoms with van der Waals surface area (Å²) in [5.74, 6) is 0.912. The van der Waals surface area contributed by atoms with Crippen LogP contribution in [0.15, 0.2) is 36.4 Å². The van der Waals surface area contributed by atoms with Crippen LogP contribution in [0.3, 0.4) is 0 Å². The van der Waals surface area contributed by atoms with Gasteiger partial charge in [-0.25, -0.2) is 0 Å². The third-order valence-electron chi connectivity index (χ3n) is 3.56. The molecule has 1 heterocycles. The van der Waals surface area contributed by atoms with E-state index in [1.165, 1.54) is 7.11 Å². The van der Waals surface area contributed by atoms with Gasteiger partial charge in [-0.15, -0.1) is 0 Å². The maximum absolute atomic E-state index is 12.8. The summed E-state index contributed by atoms with van der Waals surface area (Å²) >= 11 is 0. The molecule has 0 fully saturated rings. The number of benzene rings is 2. The smallest absolute Gasteiger partial charge is 0.231 e. The van der Waals surface area contributed by atoms with Crippen molar-refractivity contribution in [2.75, 3.05) is 13.9 Å². The number of hydrogen-bond donors (Lipinski definition) is 1. The van der Waals surface area contributed by atoms with Crippen molar-refractivity contribution in [1.82, 2.24) is 0 Å². The third kappa shape index (κ3) is 2.96. The van der Waals surface area contributed by atoms with Crippen LogP contribution in [0.2, 0.25) is 0 Å². The molecular formula is C17H15NO5. The molecule has 1 aliphatic rings. The molecule has 0 saturated heterocycles. The van der Waals surface area contributed by atoms with Crippen LogP contribution in [-0.4, -0.2) is 25.6 Å². The van der Waals surface area contributed by atoms with Gasteiger partial charge in [-0.1, -0.05) is 6.07 Å². The Labute approximate surface area is 132 Å². The van der Waals surface area contributed by atoms with Crippen molar-refractivity contribution in [2.24, 2.45) is 5.73 Å². The fourth-order valence-electron chi connectivity index (χ4n) is 2.43. The number of methoxy groups -OCH3 is 1. The molecule has 0 unspecified atom stereocenters. The molecule has 2 aromatic rings. The minimum absolute atomic E-state index is 0.0182. The highest BCUT2D eigenvalue weighted by Crippen LogP contribution is 2.33. The average Bonchev–Trinajstić information content (AvgIpc) is 3.01. The van der Waals surface area contributed by atoms with Gasteiger partial charge in [0.05, 0.1) is 13.5 Å². The second-order valence-corrected chi connectivity index (χ2v) is 5.06. The molecule has 0 aliphatic carbocycles. The van der Waals surface area contributed by atoms with Gasteiger partial charge in [-0.3, -0.25) is 9.59 Å². The monoisotopic (exact) mass is 313 g/mol. The SMILES string of the molecule is COc1ccc(CC(N)=O)c(C(=O)c2ccc3c(c2)OCO3)c1. The lowest BCUT2D eigenvalue weighted by Crippen LogP contribution is -2.16. The average molecular weight is 313 g/mol. The molecule has 0 spiro atoms. The Bertz CT molecular complexity index is 785. The van der Waals surface area contributed by atoms with Crippen LogP contribution in [0.4, 0.5) is 0 Å². The summed E-state index contributed by atoms with van der Waals surface area (Å²) in [4.78, 5) is 24.0. The van der Waals surface area contributed by atoms with Crippen molar-refractivity contribution in [3.63, 3.8) is 0 Å². The van der Waals surface area contributed by atoms with E-state index in [2.05, 4.69) is 0 Å². The van der Waals surface area contributed by atoms with Gasteiger partial charge in [0, 0.05) is 11.1 Å². The highest BCUT2D eigenvalue weighted by Gasteiger charge is 2.20. The normalized spacial score (nSPS) is 12.0. The number of carbonyl (C=O) groups excluding carboxylic acids is 2. The molecule has 6 heteroatoms. The van der Waals surface area contributed by atoms with Crippen molar-refractivity contribution in [1.29, 1.82) is 0 Å². The second-order valence-electron chi connectivity index (χ2n) is 5.06. The van der Waals surface area contributed by atoms with Gasteiger partial charge in [0.15, 0.2) is 17.3 Å². The first kappa shape index (κ1) is 14.9. The van der Waals surface area contributed by atoms with Crippen LogP contribution in [-0.2, 0) is 11.2 Å². The quantitative estimate of drug-likeness (QED) is 0.849. The first-order valence-electron chi connectivity index (χ1n) is 6.98. The van der Waals surface area contributed by atoms with Crippen molar-refractivity contribution >= 4 is 11.7 Å². The summed E-state index contributed by atoms with van der Waals surface area (Å²) in [7, 11) is 1.51. The fourth-order valence-corrected chi connectivity index (χ4v) is 2.43. The van der Waals surface area contributed by atoms with E-state index in [0.717, 1.165) is 0 Å². The summed E-state index contributed by atoms with van der Waals surface area (Å²) < 4.78 is 15.7. The number of amides is 1. The predicted molar refractivity (Wildman–Crippen MR) is 81.9 cm³/mol. The maximum Gasteiger partial charge on any atom is 0.231 e. The van der Waals surface area contributed by atoms with Crippen LogP contribution in [0.5, 0.6) is 17.2 Å². The lowest BCUT2D eigenvalue weighted by molar-refractivity contribution is -0.117. The lowest BCUT2D eigenvalue weighted by Gasteiger charge is -2.10. The van der Waals surface area contributed by atoms with Crippen LogP contribution in [0, 0.1) is 0 Å². The molecule has 6 nitrogen and oxygen atoms in total. The first-order valence-corrected chi connectivity index (χ1v) is 6.98. The van der Waals surface area contributed by atoms with E-state index < -0.39 is 5.91 Å². The molecule has 3 rings (SSSR count). The van der Waals surface area contributed by atoms with Crippen molar-refractivity contribution in [2.45, 2.75) is 6.42 Å². The Morgan fingerprint density at radius 3 is 2.65 bits per heavy atom. The third-order valence-corrected chi connectivity index (χ3v) is 3.56. The molecule has 2 aromatic carbocycles. The van der Waals surface area contributed by atoms with Gasteiger partial charge in [-0.05, 0) is 35.9 Å². The Balaban J connectivity index is 2.01. The molecular weight excluding hydrogens is 298 g/mol. The van der Waals surface area contributed by atoms with E-state index in [1.807, 2.05) is 0 Å². The van der Waals surface area contributed by atoms with Crippen molar-refractivity contribution < 1.29 is 23.8 Å². The van der Waals surface area contributed by atoms with Gasteiger partial charge >= 0.3 is 0 Å². The molecule has 2 N–H and O–H groups in total. The number of hydrogen-bond acceptors (Lipinski definition) is 5. The zero-order valence-electron chi connectivity index (χ0n) is 12.5. The Morgan fingerprint density at radius 2 is 1.91 bits per heavy atom. The number of carbonyl (C=O) groups is 2. The molecule has 0 saturated carbocycles. The minimum Gasteiger partial charge on any atom is -0.497 e. The number of primary amides is 1. The Morgan fingerprint density at radius 1 is 1.13 bits per heavy atom. The minimum atomic E-state index is -0.505. The first-order chi connectivity index (χ1) is 11.1. The van der Waals surface area contributed by atoms with Crippen LogP contribution in [0.25, 0.3) is 0 Å². The van der Waals surface area contributed by atoms with Crippen molar-refractivity contribution in [3.05, 3.63) is 53.1 Å². The van der Waals surface area contributed by atoms with E-state index in [4.69, 9.17) is 19.9 Å². The van der Waals surface area contributed by atoms with E-state index in [0.29, 0.717) is 33.9 Å². The lowest BCUT2D eigenvalue weighted by atomic mass is 9.96. The Hall–Kier alpha value is -3.02. The standard InChI is InChI=1S/C17H15NO5/c1-21-12-4-2-10(7-16(18)19)13(8-12)17(20)11-3-5-14-15(6-11)23-9-22-14/h2-6,8H,7,9H2,1H3,(H2,18,19). The molecule has 0 aromatic heterocycles. The summed E-state index contributed by atoms with van der Waals surface area (Å²) in [6, 6.07) is 9.93. The zero-order valence-corrected chi connectivity index (χ0v) is 12.5. The summed E-state index contributed by atoms with van der Waals surface area (Å²) in [6.07, 6.45) is -0.0182. The molecule has 118 valence electrons. The molecule has 23 heavy (non-hydrogen) atoms. The molecule has 0 atom stereocenters. The van der Waals surface area contributed by atoms with Crippen LogP contribution < -0.4 is 19.9 Å². The highest BCUT2D eigenvalue weighted by molar-refractivity contribution is 6.11. The maximum atomic E-state index is 12.8. The fraction of sp³-hybridized carbons (Fsp3) is 0.176. The van der Waals surface area contributed by atoms with Crippen molar-refractivity contribution in [3.8, 4) is 17.2 Å². The number of nitrogens with two attached hydrogens (primary N) is 1. The van der Waals surface area contributed by atoms with E-state index >= 15 is 0 Å². The highest BCUT2D eigenvalue weighted by atomic mass is 16.7. The number of ether oxygens (including phenoxy) is 3. The number of fused-ring (bicyclic) bond motifs is 1. The zero-order chi connectivity index (χ0) is 16.4. The van der Waals surface area contributed by atoms with Gasteiger partial charge < -0.3 is 19.9 Å². The van der Waals surface area contributed by atoms with E-state index in [1.54, 1.807) is 36.4 Å². The summed E-state index contributed by atoms with van der Waals surface area (Å²) in [5, 5.41) is 0. The number of ketones is 1. The summed E-state index contributed by atoms with van der Waals surface area (Å²) in [5.41, 5.74) is 6.63. The largest absolute Gasteiger partial charge is 0.497 e. The van der Waals surface area contributed by atoms with Gasteiger partial charge in [0.25, 0.3) is 0 Å².